The monoisotopic (exact) mass is 301 g/mol. The van der Waals surface area contributed by atoms with E-state index in [1.807, 2.05) is 11.9 Å². The molecule has 1 aromatic carbocycles. The minimum Gasteiger partial charge on any atom is -0.466 e. The number of benzene rings is 1. The first kappa shape index (κ1) is 17.5. The fourth-order valence-corrected chi connectivity index (χ4v) is 1.86. The number of esters is 1. The Balaban J connectivity index is 2.36. The molecule has 0 heterocycles. The molecule has 0 aliphatic rings. The summed E-state index contributed by atoms with van der Waals surface area (Å²) in [5.74, 6) is -2.16. The Morgan fingerprint density at radius 1 is 1.33 bits per heavy atom. The molecule has 1 atom stereocenters. The quantitative estimate of drug-likeness (QED) is 0.748. The fraction of sp³-hybridized carbons (Fsp3) is 0.533. The van der Waals surface area contributed by atoms with E-state index in [0.29, 0.717) is 31.7 Å². The lowest BCUT2D eigenvalue weighted by molar-refractivity contribution is -0.143. The summed E-state index contributed by atoms with van der Waals surface area (Å²) in [6.45, 7) is 3.15. The largest absolute Gasteiger partial charge is 0.466 e. The van der Waals surface area contributed by atoms with Crippen molar-refractivity contribution in [2.24, 2.45) is 0 Å². The first-order valence-corrected chi connectivity index (χ1v) is 6.91. The lowest BCUT2D eigenvalue weighted by atomic mass is 10.1. The van der Waals surface area contributed by atoms with Crippen LogP contribution in [-0.4, -0.2) is 42.7 Å². The summed E-state index contributed by atoms with van der Waals surface area (Å²) in [7, 11) is 1.82. The van der Waals surface area contributed by atoms with E-state index in [1.54, 1.807) is 6.92 Å². The predicted molar refractivity (Wildman–Crippen MR) is 74.7 cm³/mol. The maximum absolute atomic E-state index is 13.1. The van der Waals surface area contributed by atoms with E-state index in [-0.39, 0.29) is 12.4 Å². The van der Waals surface area contributed by atoms with E-state index in [1.165, 1.54) is 6.07 Å². The second-order valence-electron chi connectivity index (χ2n) is 4.84. The maximum Gasteiger partial charge on any atom is 0.307 e. The number of aliphatic hydroxyl groups excluding tert-OH is 1. The van der Waals surface area contributed by atoms with Crippen LogP contribution in [0.4, 0.5) is 8.78 Å². The lowest BCUT2D eigenvalue weighted by Gasteiger charge is -2.18. The maximum atomic E-state index is 13.1. The van der Waals surface area contributed by atoms with Crippen LogP contribution in [0.1, 0.15) is 31.4 Å². The van der Waals surface area contributed by atoms with Crippen molar-refractivity contribution in [3.63, 3.8) is 0 Å². The summed E-state index contributed by atoms with van der Waals surface area (Å²) in [5, 5.41) is 9.94. The highest BCUT2D eigenvalue weighted by Crippen LogP contribution is 2.19. The SMILES string of the molecule is CCOC(=O)CCN(C)CCC(O)c1ccc(F)c(F)c1. The highest BCUT2D eigenvalue weighted by molar-refractivity contribution is 5.69. The van der Waals surface area contributed by atoms with E-state index < -0.39 is 17.7 Å². The number of hydrogen-bond acceptors (Lipinski definition) is 4. The molecule has 6 heteroatoms. The number of aliphatic hydroxyl groups is 1. The topological polar surface area (TPSA) is 49.8 Å². The molecular formula is C15H21F2NO3. The van der Waals surface area contributed by atoms with Crippen molar-refractivity contribution in [1.82, 2.24) is 4.90 Å². The van der Waals surface area contributed by atoms with Crippen LogP contribution in [0.5, 0.6) is 0 Å². The zero-order valence-corrected chi connectivity index (χ0v) is 12.3. The molecular weight excluding hydrogens is 280 g/mol. The van der Waals surface area contributed by atoms with E-state index >= 15 is 0 Å². The minimum absolute atomic E-state index is 0.259. The van der Waals surface area contributed by atoms with E-state index in [2.05, 4.69) is 0 Å². The van der Waals surface area contributed by atoms with Crippen molar-refractivity contribution in [3.05, 3.63) is 35.4 Å². The van der Waals surface area contributed by atoms with Crippen LogP contribution < -0.4 is 0 Å². The van der Waals surface area contributed by atoms with E-state index in [4.69, 9.17) is 4.74 Å². The summed E-state index contributed by atoms with van der Waals surface area (Å²) in [4.78, 5) is 13.1. The molecule has 0 bridgehead atoms. The number of ether oxygens (including phenoxy) is 1. The van der Waals surface area contributed by atoms with Crippen LogP contribution in [0.25, 0.3) is 0 Å². The smallest absolute Gasteiger partial charge is 0.307 e. The van der Waals surface area contributed by atoms with Gasteiger partial charge in [-0.3, -0.25) is 4.79 Å². The van der Waals surface area contributed by atoms with Gasteiger partial charge in [0.2, 0.25) is 0 Å². The number of halogens is 2. The van der Waals surface area contributed by atoms with Gasteiger partial charge >= 0.3 is 5.97 Å². The summed E-state index contributed by atoms with van der Waals surface area (Å²) >= 11 is 0. The summed E-state index contributed by atoms with van der Waals surface area (Å²) in [6, 6.07) is 3.36. The molecule has 118 valence electrons. The van der Waals surface area contributed by atoms with Gasteiger partial charge in [-0.1, -0.05) is 6.07 Å². The van der Waals surface area contributed by atoms with Crippen molar-refractivity contribution in [1.29, 1.82) is 0 Å². The van der Waals surface area contributed by atoms with Gasteiger partial charge in [0.15, 0.2) is 11.6 Å². The molecule has 21 heavy (non-hydrogen) atoms. The van der Waals surface area contributed by atoms with Crippen LogP contribution in [0.15, 0.2) is 18.2 Å². The Kier molecular flexibility index (Phi) is 7.25. The van der Waals surface area contributed by atoms with Crippen molar-refractivity contribution in [3.8, 4) is 0 Å². The highest BCUT2D eigenvalue weighted by atomic mass is 19.2. The van der Waals surface area contributed by atoms with Crippen LogP contribution in [0.3, 0.4) is 0 Å². The van der Waals surface area contributed by atoms with Gasteiger partial charge in [0.1, 0.15) is 0 Å². The Hall–Kier alpha value is -1.53. The Labute approximate surface area is 123 Å². The van der Waals surface area contributed by atoms with Gasteiger partial charge in [-0.25, -0.2) is 8.78 Å². The van der Waals surface area contributed by atoms with E-state index in [9.17, 15) is 18.7 Å². The highest BCUT2D eigenvalue weighted by Gasteiger charge is 2.12. The predicted octanol–water partition coefficient (Wildman–Crippen LogP) is 2.27. The molecule has 0 aliphatic carbocycles. The second-order valence-corrected chi connectivity index (χ2v) is 4.84. The number of nitrogens with zero attached hydrogens (tertiary/aromatic N) is 1. The van der Waals surface area contributed by atoms with Gasteiger partial charge in [-0.15, -0.1) is 0 Å². The Bertz CT molecular complexity index is 468. The van der Waals surface area contributed by atoms with Crippen molar-refractivity contribution in [2.45, 2.75) is 25.9 Å². The molecule has 0 spiro atoms. The molecule has 0 aromatic heterocycles. The standard InChI is InChI=1S/C15H21F2NO3/c1-3-21-15(20)7-9-18(2)8-6-14(19)11-4-5-12(16)13(17)10-11/h4-5,10,14,19H,3,6-9H2,1-2H3. The number of rotatable bonds is 8. The molecule has 0 radical (unpaired) electrons. The molecule has 0 amide bonds. The minimum atomic E-state index is -0.970. The number of hydrogen-bond donors (Lipinski definition) is 1. The molecule has 0 fully saturated rings. The molecule has 0 saturated carbocycles. The summed E-state index contributed by atoms with van der Waals surface area (Å²) in [5.41, 5.74) is 0.340. The van der Waals surface area contributed by atoms with Crippen LogP contribution in [0, 0.1) is 11.6 Å². The van der Waals surface area contributed by atoms with Crippen molar-refractivity contribution >= 4 is 5.97 Å². The summed E-state index contributed by atoms with van der Waals surface area (Å²) in [6.07, 6.45) is -0.221. The number of carbonyl (C=O) groups is 1. The van der Waals surface area contributed by atoms with Crippen LogP contribution in [0.2, 0.25) is 0 Å². The third-order valence-corrected chi connectivity index (χ3v) is 3.12. The normalized spacial score (nSPS) is 12.5. The van der Waals surface area contributed by atoms with Crippen LogP contribution in [-0.2, 0) is 9.53 Å². The molecule has 1 N–H and O–H groups in total. The van der Waals surface area contributed by atoms with E-state index in [0.717, 1.165) is 12.1 Å². The Morgan fingerprint density at radius 2 is 2.05 bits per heavy atom. The molecule has 1 aromatic rings. The third-order valence-electron chi connectivity index (χ3n) is 3.12. The van der Waals surface area contributed by atoms with Crippen LogP contribution >= 0.6 is 0 Å². The van der Waals surface area contributed by atoms with Gasteiger partial charge in [0.05, 0.1) is 19.1 Å². The molecule has 0 aliphatic heterocycles. The Morgan fingerprint density at radius 3 is 2.67 bits per heavy atom. The van der Waals surface area contributed by atoms with Gasteiger partial charge in [-0.2, -0.15) is 0 Å². The fourth-order valence-electron chi connectivity index (χ4n) is 1.86. The summed E-state index contributed by atoms with van der Waals surface area (Å²) < 4.78 is 30.7. The van der Waals surface area contributed by atoms with Crippen molar-refractivity contribution in [2.75, 3.05) is 26.7 Å². The van der Waals surface area contributed by atoms with Gasteiger partial charge < -0.3 is 14.7 Å². The molecule has 0 saturated heterocycles. The van der Waals surface area contributed by atoms with Gasteiger partial charge in [-0.05, 0) is 38.1 Å². The molecule has 1 unspecified atom stereocenters. The average molecular weight is 301 g/mol. The first-order valence-electron chi connectivity index (χ1n) is 6.91. The average Bonchev–Trinajstić information content (AvgIpc) is 2.45. The molecule has 4 nitrogen and oxygen atoms in total. The first-order chi connectivity index (χ1) is 9.93. The zero-order valence-electron chi connectivity index (χ0n) is 12.3. The number of carbonyl (C=O) groups excluding carboxylic acids is 1. The lowest BCUT2D eigenvalue weighted by Crippen LogP contribution is -2.25. The van der Waals surface area contributed by atoms with Gasteiger partial charge in [0, 0.05) is 13.1 Å². The second kappa shape index (κ2) is 8.69. The zero-order chi connectivity index (χ0) is 15.8. The third kappa shape index (κ3) is 6.18. The van der Waals surface area contributed by atoms with Gasteiger partial charge in [0.25, 0.3) is 0 Å². The molecule has 1 rings (SSSR count). The van der Waals surface area contributed by atoms with Crippen molar-refractivity contribution < 1.29 is 23.4 Å².